The summed E-state index contributed by atoms with van der Waals surface area (Å²) in [4.78, 5) is 21.8. The van der Waals surface area contributed by atoms with Gasteiger partial charge in [-0.05, 0) is 34.5 Å². The fourth-order valence-corrected chi connectivity index (χ4v) is 1.98. The second-order valence-electron chi connectivity index (χ2n) is 2.91. The molecule has 0 bridgehead atoms. The van der Waals surface area contributed by atoms with Gasteiger partial charge in [0.05, 0.1) is 11.6 Å². The number of ether oxygens (including phenoxy) is 1. The van der Waals surface area contributed by atoms with E-state index in [0.717, 1.165) is 5.56 Å². The Hall–Kier alpha value is -1.36. The molecule has 0 saturated heterocycles. The molecule has 1 rings (SSSR count). The molecule has 0 aliphatic heterocycles. The lowest BCUT2D eigenvalue weighted by molar-refractivity contribution is -0.131. The molecule has 15 heavy (non-hydrogen) atoms. The van der Waals surface area contributed by atoms with E-state index in [1.807, 2.05) is 0 Å². The summed E-state index contributed by atoms with van der Waals surface area (Å²) < 4.78 is 5.43. The van der Waals surface area contributed by atoms with E-state index in [0.29, 0.717) is 10.2 Å². The fraction of sp³-hybridized carbons (Fsp3) is 0.200. The van der Waals surface area contributed by atoms with E-state index in [-0.39, 0.29) is 5.56 Å². The summed E-state index contributed by atoms with van der Waals surface area (Å²) in [6.45, 7) is 1.80. The van der Waals surface area contributed by atoms with E-state index < -0.39 is 11.8 Å². The summed E-state index contributed by atoms with van der Waals surface area (Å²) in [6, 6.07) is 3.10. The van der Waals surface area contributed by atoms with Crippen LogP contribution in [-0.4, -0.2) is 24.0 Å². The average Bonchev–Trinajstić information content (AvgIpc) is 2.17. The normalized spacial score (nSPS) is 9.80. The molecule has 0 heterocycles. The molecular formula is C10H9BrO4. The number of carboxylic acids is 1. The summed E-state index contributed by atoms with van der Waals surface area (Å²) in [7, 11) is 1.46. The number of methoxy groups -OCH3 is 1. The van der Waals surface area contributed by atoms with Crippen LogP contribution in [0.15, 0.2) is 16.6 Å². The third kappa shape index (κ3) is 2.18. The minimum Gasteiger partial charge on any atom is -0.495 e. The van der Waals surface area contributed by atoms with Crippen LogP contribution in [0, 0.1) is 6.92 Å². The van der Waals surface area contributed by atoms with Crippen LogP contribution in [0.1, 0.15) is 15.9 Å². The van der Waals surface area contributed by atoms with Gasteiger partial charge in [-0.25, -0.2) is 4.79 Å². The van der Waals surface area contributed by atoms with Crippen molar-refractivity contribution in [1.82, 2.24) is 0 Å². The quantitative estimate of drug-likeness (QED) is 0.676. The number of rotatable bonds is 3. The minimum absolute atomic E-state index is 0.0879. The maximum Gasteiger partial charge on any atom is 0.377 e. The highest BCUT2D eigenvalue weighted by Crippen LogP contribution is 2.32. The first-order valence-electron chi connectivity index (χ1n) is 4.09. The number of carbonyl (C=O) groups excluding carboxylic acids is 1. The van der Waals surface area contributed by atoms with Crippen molar-refractivity contribution in [3.05, 3.63) is 27.7 Å². The van der Waals surface area contributed by atoms with Crippen molar-refractivity contribution in [2.45, 2.75) is 6.92 Å². The van der Waals surface area contributed by atoms with Crippen LogP contribution >= 0.6 is 15.9 Å². The topological polar surface area (TPSA) is 63.6 Å². The second kappa shape index (κ2) is 4.44. The summed E-state index contributed by atoms with van der Waals surface area (Å²) in [5.74, 6) is -1.97. The Kier molecular flexibility index (Phi) is 3.47. The standard InChI is InChI=1S/C10H9BrO4/c1-5-3-4-6(8(12)10(13)14)7(11)9(5)15-2/h3-4H,1-2H3,(H,13,14). The van der Waals surface area contributed by atoms with Crippen LogP contribution in [0.5, 0.6) is 5.75 Å². The van der Waals surface area contributed by atoms with Gasteiger partial charge in [0, 0.05) is 5.56 Å². The highest BCUT2D eigenvalue weighted by Gasteiger charge is 2.20. The smallest absolute Gasteiger partial charge is 0.377 e. The minimum atomic E-state index is -1.48. The molecule has 0 aliphatic rings. The van der Waals surface area contributed by atoms with Crippen molar-refractivity contribution in [2.75, 3.05) is 7.11 Å². The van der Waals surface area contributed by atoms with Gasteiger partial charge in [-0.3, -0.25) is 4.79 Å². The Morgan fingerprint density at radius 3 is 2.47 bits per heavy atom. The number of hydrogen-bond donors (Lipinski definition) is 1. The number of carboxylic acid groups (broad SMARTS) is 1. The van der Waals surface area contributed by atoms with E-state index in [4.69, 9.17) is 9.84 Å². The Bertz CT molecular complexity index is 426. The van der Waals surface area contributed by atoms with E-state index in [2.05, 4.69) is 15.9 Å². The molecule has 0 aromatic heterocycles. The first kappa shape index (κ1) is 11.7. The molecular weight excluding hydrogens is 264 g/mol. The predicted octanol–water partition coefficient (Wildman–Crippen LogP) is 2.03. The number of hydrogen-bond acceptors (Lipinski definition) is 3. The van der Waals surface area contributed by atoms with Crippen LogP contribution in [0.25, 0.3) is 0 Å². The third-order valence-corrected chi connectivity index (χ3v) is 2.72. The molecule has 0 fully saturated rings. The Morgan fingerprint density at radius 2 is 2.00 bits per heavy atom. The Balaban J connectivity index is 3.34. The van der Waals surface area contributed by atoms with Gasteiger partial charge in [-0.1, -0.05) is 6.07 Å². The van der Waals surface area contributed by atoms with E-state index in [1.54, 1.807) is 13.0 Å². The van der Waals surface area contributed by atoms with Gasteiger partial charge in [0.2, 0.25) is 0 Å². The molecule has 0 spiro atoms. The lowest BCUT2D eigenvalue weighted by Crippen LogP contribution is -2.13. The maximum absolute atomic E-state index is 11.3. The highest BCUT2D eigenvalue weighted by atomic mass is 79.9. The third-order valence-electron chi connectivity index (χ3n) is 1.94. The molecule has 1 N–H and O–H groups in total. The predicted molar refractivity (Wildman–Crippen MR) is 57.4 cm³/mol. The van der Waals surface area contributed by atoms with Gasteiger partial charge in [0.1, 0.15) is 5.75 Å². The summed E-state index contributed by atoms with van der Waals surface area (Å²) in [6.07, 6.45) is 0. The van der Waals surface area contributed by atoms with Gasteiger partial charge in [-0.15, -0.1) is 0 Å². The van der Waals surface area contributed by atoms with Crippen LogP contribution in [0.2, 0.25) is 0 Å². The van der Waals surface area contributed by atoms with Crippen molar-refractivity contribution in [1.29, 1.82) is 0 Å². The van der Waals surface area contributed by atoms with Gasteiger partial charge < -0.3 is 9.84 Å². The monoisotopic (exact) mass is 272 g/mol. The number of aliphatic carboxylic acids is 1. The summed E-state index contributed by atoms with van der Waals surface area (Å²) in [5, 5.41) is 8.58. The highest BCUT2D eigenvalue weighted by molar-refractivity contribution is 9.10. The van der Waals surface area contributed by atoms with E-state index in [1.165, 1.54) is 13.2 Å². The zero-order valence-corrected chi connectivity index (χ0v) is 9.79. The fourth-order valence-electron chi connectivity index (χ4n) is 1.19. The molecule has 0 atom stereocenters. The molecule has 80 valence electrons. The maximum atomic E-state index is 11.3. The van der Waals surface area contributed by atoms with Crippen molar-refractivity contribution in [3.63, 3.8) is 0 Å². The number of Topliss-reactive ketones (excluding diaryl/α,β-unsaturated/α-hetero) is 1. The number of benzene rings is 1. The Morgan fingerprint density at radius 1 is 1.40 bits per heavy atom. The molecule has 1 aromatic carbocycles. The average molecular weight is 273 g/mol. The van der Waals surface area contributed by atoms with E-state index in [9.17, 15) is 9.59 Å². The van der Waals surface area contributed by atoms with Gasteiger partial charge in [0.25, 0.3) is 5.78 Å². The number of aryl methyl sites for hydroxylation is 1. The van der Waals surface area contributed by atoms with Gasteiger partial charge in [0.15, 0.2) is 0 Å². The van der Waals surface area contributed by atoms with Crippen molar-refractivity contribution < 1.29 is 19.4 Å². The number of carbonyl (C=O) groups is 2. The van der Waals surface area contributed by atoms with Crippen LogP contribution < -0.4 is 4.74 Å². The van der Waals surface area contributed by atoms with Crippen molar-refractivity contribution in [2.24, 2.45) is 0 Å². The molecule has 1 aromatic rings. The zero-order chi connectivity index (χ0) is 11.6. The molecule has 0 radical (unpaired) electrons. The molecule has 0 aliphatic carbocycles. The first-order chi connectivity index (χ1) is 6.99. The molecule has 0 saturated carbocycles. The zero-order valence-electron chi connectivity index (χ0n) is 8.20. The van der Waals surface area contributed by atoms with E-state index >= 15 is 0 Å². The summed E-state index contributed by atoms with van der Waals surface area (Å²) >= 11 is 3.15. The number of ketones is 1. The SMILES string of the molecule is COc1c(C)ccc(C(=O)C(=O)O)c1Br. The first-order valence-corrected chi connectivity index (χ1v) is 4.89. The number of halogens is 1. The molecule has 0 unspecified atom stereocenters. The second-order valence-corrected chi connectivity index (χ2v) is 3.70. The lowest BCUT2D eigenvalue weighted by atomic mass is 10.1. The molecule has 4 nitrogen and oxygen atoms in total. The molecule has 0 amide bonds. The van der Waals surface area contributed by atoms with Gasteiger partial charge in [-0.2, -0.15) is 0 Å². The van der Waals surface area contributed by atoms with Crippen LogP contribution in [0.3, 0.4) is 0 Å². The van der Waals surface area contributed by atoms with Crippen LogP contribution in [-0.2, 0) is 4.79 Å². The summed E-state index contributed by atoms with van der Waals surface area (Å²) in [5.41, 5.74) is 0.913. The van der Waals surface area contributed by atoms with Crippen molar-refractivity contribution in [3.8, 4) is 5.75 Å². The van der Waals surface area contributed by atoms with Crippen molar-refractivity contribution >= 4 is 27.7 Å². The Labute approximate surface area is 95.0 Å². The van der Waals surface area contributed by atoms with Gasteiger partial charge >= 0.3 is 5.97 Å². The lowest BCUT2D eigenvalue weighted by Gasteiger charge is -2.09. The van der Waals surface area contributed by atoms with Crippen LogP contribution in [0.4, 0.5) is 0 Å². The largest absolute Gasteiger partial charge is 0.495 e. The molecule has 5 heteroatoms.